The average Bonchev–Trinajstić information content (AvgIpc) is 2.58. The lowest BCUT2D eigenvalue weighted by Gasteiger charge is -2.28. The maximum Gasteiger partial charge on any atom is 0.340 e. The van der Waals surface area contributed by atoms with Gasteiger partial charge in [-0.1, -0.05) is 29.8 Å². The number of aryl methyl sites for hydroxylation is 1. The molecular weight excluding hydrogens is 344 g/mol. The first-order chi connectivity index (χ1) is 11.9. The molecule has 2 N–H and O–H groups in total. The molecule has 1 atom stereocenters. The minimum absolute atomic E-state index is 0.0593. The van der Waals surface area contributed by atoms with Gasteiger partial charge in [-0.05, 0) is 18.6 Å². The van der Waals surface area contributed by atoms with E-state index in [9.17, 15) is 9.59 Å². The van der Waals surface area contributed by atoms with E-state index >= 15 is 0 Å². The van der Waals surface area contributed by atoms with E-state index in [4.69, 9.17) is 26.8 Å². The van der Waals surface area contributed by atoms with Crippen molar-refractivity contribution in [1.82, 2.24) is 4.57 Å². The molecule has 25 heavy (non-hydrogen) atoms. The van der Waals surface area contributed by atoms with Crippen molar-refractivity contribution in [3.05, 3.63) is 74.0 Å². The van der Waals surface area contributed by atoms with Crippen molar-refractivity contribution in [2.45, 2.75) is 12.8 Å². The molecule has 2 aromatic rings. The largest absolute Gasteiger partial charge is 0.465 e. The third kappa shape index (κ3) is 2.68. The number of aromatic nitrogens is 1. The van der Waals surface area contributed by atoms with Crippen LogP contribution in [0.1, 0.15) is 22.7 Å². The second kappa shape index (κ2) is 6.29. The topological polar surface area (TPSA) is 83.5 Å². The van der Waals surface area contributed by atoms with Crippen LogP contribution in [0.5, 0.6) is 5.75 Å². The van der Waals surface area contributed by atoms with Gasteiger partial charge >= 0.3 is 5.97 Å². The normalized spacial score (nSPS) is 16.2. The number of methoxy groups -OCH3 is 1. The second-order valence-electron chi connectivity index (χ2n) is 5.75. The Labute approximate surface area is 149 Å². The summed E-state index contributed by atoms with van der Waals surface area (Å²) in [4.78, 5) is 25.3. The van der Waals surface area contributed by atoms with E-state index in [1.807, 2.05) is 0 Å². The molecule has 3 rings (SSSR count). The number of nitrogens with two attached hydrogens (primary N) is 1. The summed E-state index contributed by atoms with van der Waals surface area (Å²) in [5.41, 5.74) is 7.35. The Hall–Kier alpha value is -2.73. The van der Waals surface area contributed by atoms with Crippen LogP contribution in [0.2, 0.25) is 5.02 Å². The summed E-state index contributed by atoms with van der Waals surface area (Å²) >= 11 is 6.34. The molecule has 0 bridgehead atoms. The van der Waals surface area contributed by atoms with Gasteiger partial charge in [0.15, 0.2) is 0 Å². The zero-order valence-electron chi connectivity index (χ0n) is 14.0. The van der Waals surface area contributed by atoms with Gasteiger partial charge in [0, 0.05) is 23.8 Å². The van der Waals surface area contributed by atoms with Gasteiger partial charge in [-0.3, -0.25) is 4.79 Å². The Kier molecular flexibility index (Phi) is 4.30. The number of ether oxygens (including phenoxy) is 2. The maximum atomic E-state index is 12.9. The summed E-state index contributed by atoms with van der Waals surface area (Å²) in [6.07, 6.45) is 0. The van der Waals surface area contributed by atoms with Gasteiger partial charge < -0.3 is 19.8 Å². The molecule has 1 aromatic heterocycles. The van der Waals surface area contributed by atoms with Crippen molar-refractivity contribution in [3.63, 3.8) is 0 Å². The number of rotatable bonds is 2. The van der Waals surface area contributed by atoms with Crippen LogP contribution in [0.3, 0.4) is 0 Å². The fraction of sp³-hybridized carbons (Fsp3) is 0.222. The van der Waals surface area contributed by atoms with Crippen molar-refractivity contribution in [2.75, 3.05) is 7.11 Å². The highest BCUT2D eigenvalue weighted by Crippen LogP contribution is 2.43. The summed E-state index contributed by atoms with van der Waals surface area (Å²) in [5, 5.41) is 0.414. The van der Waals surface area contributed by atoms with Gasteiger partial charge in [-0.2, -0.15) is 0 Å². The molecule has 7 heteroatoms. The molecular formula is C18H17ClN2O4. The second-order valence-corrected chi connectivity index (χ2v) is 6.16. The molecule has 0 fully saturated rings. The monoisotopic (exact) mass is 360 g/mol. The average molecular weight is 361 g/mol. The number of esters is 1. The number of carbonyl (C=O) groups is 1. The third-order valence-corrected chi connectivity index (χ3v) is 4.70. The third-order valence-electron chi connectivity index (χ3n) is 4.35. The summed E-state index contributed by atoms with van der Waals surface area (Å²) in [5.74, 6) is -1.23. The van der Waals surface area contributed by atoms with E-state index in [1.54, 1.807) is 44.3 Å². The molecule has 1 aliphatic rings. The number of carbonyl (C=O) groups excluding carboxylic acids is 1. The van der Waals surface area contributed by atoms with E-state index in [2.05, 4.69) is 0 Å². The van der Waals surface area contributed by atoms with E-state index in [1.165, 1.54) is 11.7 Å². The highest BCUT2D eigenvalue weighted by atomic mass is 35.5. The fourth-order valence-electron chi connectivity index (χ4n) is 2.97. The van der Waals surface area contributed by atoms with E-state index < -0.39 is 11.9 Å². The number of hydrogen-bond acceptors (Lipinski definition) is 5. The summed E-state index contributed by atoms with van der Waals surface area (Å²) in [6.45, 7) is 1.78. The smallest absolute Gasteiger partial charge is 0.340 e. The van der Waals surface area contributed by atoms with Crippen LogP contribution in [0.15, 0.2) is 46.6 Å². The zero-order chi connectivity index (χ0) is 18.3. The van der Waals surface area contributed by atoms with Crippen molar-refractivity contribution in [3.8, 4) is 5.75 Å². The number of nitrogens with zero attached hydrogens (tertiary/aromatic N) is 1. The number of fused-ring (bicyclic) bond motifs is 1. The van der Waals surface area contributed by atoms with Crippen molar-refractivity contribution >= 4 is 17.6 Å². The Morgan fingerprint density at radius 3 is 2.68 bits per heavy atom. The summed E-state index contributed by atoms with van der Waals surface area (Å²) < 4.78 is 11.9. The number of halogens is 1. The Morgan fingerprint density at radius 2 is 2.04 bits per heavy atom. The molecule has 0 spiro atoms. The van der Waals surface area contributed by atoms with Gasteiger partial charge in [0.05, 0.1) is 18.6 Å². The van der Waals surface area contributed by atoms with Gasteiger partial charge in [-0.25, -0.2) is 4.79 Å². The lowest BCUT2D eigenvalue weighted by molar-refractivity contribution is -0.136. The molecule has 0 amide bonds. The van der Waals surface area contributed by atoms with Crippen molar-refractivity contribution < 1.29 is 14.3 Å². The zero-order valence-corrected chi connectivity index (χ0v) is 14.8. The summed E-state index contributed by atoms with van der Waals surface area (Å²) in [6, 6.07) is 8.69. The number of benzene rings is 1. The molecule has 1 unspecified atom stereocenters. The highest BCUT2D eigenvalue weighted by Gasteiger charge is 2.38. The maximum absolute atomic E-state index is 12.9. The van der Waals surface area contributed by atoms with Crippen LogP contribution in [0.25, 0.3) is 0 Å². The van der Waals surface area contributed by atoms with Gasteiger partial charge in [0.25, 0.3) is 5.56 Å². The standard InChI is InChI=1S/C18H17ClN2O4/c1-9-8-12-14(17(22)21(9)2)13(10-6-4-5-7-11(10)19)15(16(20)25-12)18(23)24-3/h4-8,13H,20H2,1-3H3. The molecule has 1 aromatic carbocycles. The molecule has 2 heterocycles. The Morgan fingerprint density at radius 1 is 1.36 bits per heavy atom. The van der Waals surface area contributed by atoms with Crippen LogP contribution < -0.4 is 16.0 Å². The SMILES string of the molecule is COC(=O)C1=C(N)Oc2cc(C)n(C)c(=O)c2C1c1ccccc1Cl. The molecule has 0 saturated heterocycles. The molecule has 0 aliphatic carbocycles. The van der Waals surface area contributed by atoms with Crippen LogP contribution in [-0.2, 0) is 16.6 Å². The molecule has 1 aliphatic heterocycles. The van der Waals surface area contributed by atoms with Gasteiger partial charge in [-0.15, -0.1) is 0 Å². The van der Waals surface area contributed by atoms with E-state index in [-0.39, 0.29) is 17.0 Å². The fourth-order valence-corrected chi connectivity index (χ4v) is 3.21. The minimum atomic E-state index is -0.774. The number of pyridine rings is 1. The van der Waals surface area contributed by atoms with Crippen molar-refractivity contribution in [1.29, 1.82) is 0 Å². The van der Waals surface area contributed by atoms with Gasteiger partial charge in [0.1, 0.15) is 11.3 Å². The first kappa shape index (κ1) is 17.1. The van der Waals surface area contributed by atoms with Crippen LogP contribution in [0.4, 0.5) is 0 Å². The highest BCUT2D eigenvalue weighted by molar-refractivity contribution is 6.31. The Balaban J connectivity index is 2.39. The molecule has 0 saturated carbocycles. The first-order valence-corrected chi connectivity index (χ1v) is 7.95. The Bertz CT molecular complexity index is 962. The molecule has 130 valence electrons. The molecule has 6 nitrogen and oxygen atoms in total. The van der Waals surface area contributed by atoms with Crippen molar-refractivity contribution in [2.24, 2.45) is 12.8 Å². The lowest BCUT2D eigenvalue weighted by atomic mass is 9.83. The van der Waals surface area contributed by atoms with Gasteiger partial charge in [0.2, 0.25) is 5.88 Å². The quantitative estimate of drug-likeness (QED) is 0.830. The van der Waals surface area contributed by atoms with E-state index in [0.717, 1.165) is 0 Å². The predicted octanol–water partition coefficient (Wildman–Crippen LogP) is 2.21. The van der Waals surface area contributed by atoms with Crippen LogP contribution in [-0.4, -0.2) is 17.6 Å². The van der Waals surface area contributed by atoms with Crippen LogP contribution >= 0.6 is 11.6 Å². The minimum Gasteiger partial charge on any atom is -0.465 e. The lowest BCUT2D eigenvalue weighted by Crippen LogP contribution is -2.34. The molecule has 0 radical (unpaired) electrons. The first-order valence-electron chi connectivity index (χ1n) is 7.57. The van der Waals surface area contributed by atoms with E-state index in [0.29, 0.717) is 27.6 Å². The summed E-state index contributed by atoms with van der Waals surface area (Å²) in [7, 11) is 2.90. The number of hydrogen-bond donors (Lipinski definition) is 1. The van der Waals surface area contributed by atoms with Crippen LogP contribution in [0, 0.1) is 6.92 Å². The predicted molar refractivity (Wildman–Crippen MR) is 93.6 cm³/mol.